The highest BCUT2D eigenvalue weighted by Crippen LogP contribution is 2.45. The van der Waals surface area contributed by atoms with Crippen LogP contribution in [0, 0.1) is 0 Å². The minimum absolute atomic E-state index is 0.0395. The zero-order valence-corrected chi connectivity index (χ0v) is 19.0. The fraction of sp³-hybridized carbons (Fsp3) is 0.308. The van der Waals surface area contributed by atoms with Crippen molar-refractivity contribution in [2.75, 3.05) is 25.7 Å². The second-order valence-corrected chi connectivity index (χ2v) is 8.44. The van der Waals surface area contributed by atoms with Gasteiger partial charge in [0.15, 0.2) is 0 Å². The molecule has 0 bridgehead atoms. The summed E-state index contributed by atoms with van der Waals surface area (Å²) in [5.41, 5.74) is 3.47. The zero-order chi connectivity index (χ0) is 23.1. The van der Waals surface area contributed by atoms with Crippen molar-refractivity contribution in [2.45, 2.75) is 31.8 Å². The van der Waals surface area contributed by atoms with Gasteiger partial charge in [0.1, 0.15) is 24.1 Å². The normalized spacial score (nSPS) is 16.6. The number of amides is 2. The standard InChI is InChI=1S/C26H27N3O4/c1-17(30)28(18-10-11-18)16-25(31)29-22-8-5-4-7-21(22)27-14-6-9-23(27)26(29)20-15-19(32-2)12-13-24(20)33-3/h4-9,12-15,18,26H,10-11,16H2,1-3H3. The Labute approximate surface area is 193 Å². The molecule has 1 unspecified atom stereocenters. The maximum atomic E-state index is 13.9. The molecule has 2 amide bonds. The molecular weight excluding hydrogens is 418 g/mol. The number of carbonyl (C=O) groups is 2. The molecule has 0 radical (unpaired) electrons. The van der Waals surface area contributed by atoms with Crippen molar-refractivity contribution in [2.24, 2.45) is 0 Å². The Balaban J connectivity index is 1.67. The van der Waals surface area contributed by atoms with Gasteiger partial charge in [-0.1, -0.05) is 12.1 Å². The molecule has 2 heterocycles. The maximum Gasteiger partial charge on any atom is 0.247 e. The zero-order valence-electron chi connectivity index (χ0n) is 19.0. The van der Waals surface area contributed by atoms with E-state index in [-0.39, 0.29) is 24.4 Å². The number of ether oxygens (including phenoxy) is 2. The average Bonchev–Trinajstić information content (AvgIpc) is 3.55. The Hall–Kier alpha value is -3.74. The predicted molar refractivity (Wildman–Crippen MR) is 125 cm³/mol. The Morgan fingerprint density at radius 3 is 2.42 bits per heavy atom. The molecule has 0 N–H and O–H groups in total. The van der Waals surface area contributed by atoms with Gasteiger partial charge < -0.3 is 18.9 Å². The molecule has 170 valence electrons. The lowest BCUT2D eigenvalue weighted by atomic mass is 9.96. The number of fused-ring (bicyclic) bond motifs is 3. The highest BCUT2D eigenvalue weighted by Gasteiger charge is 2.40. The van der Waals surface area contributed by atoms with E-state index in [0.29, 0.717) is 11.5 Å². The fourth-order valence-electron chi connectivity index (χ4n) is 4.71. The molecule has 2 aromatic carbocycles. The smallest absolute Gasteiger partial charge is 0.247 e. The SMILES string of the molecule is COc1ccc(OC)c(C2c3cccn3-c3ccccc3N2C(=O)CN(C(C)=O)C2CC2)c1. The number of para-hydroxylation sites is 2. The van der Waals surface area contributed by atoms with Gasteiger partial charge >= 0.3 is 0 Å². The van der Waals surface area contributed by atoms with Crippen LogP contribution in [0.2, 0.25) is 0 Å². The fourth-order valence-corrected chi connectivity index (χ4v) is 4.71. The quantitative estimate of drug-likeness (QED) is 0.577. The molecule has 33 heavy (non-hydrogen) atoms. The van der Waals surface area contributed by atoms with E-state index in [1.54, 1.807) is 24.0 Å². The van der Waals surface area contributed by atoms with Crippen LogP contribution in [0.1, 0.15) is 37.1 Å². The molecule has 1 fully saturated rings. The first-order chi connectivity index (χ1) is 16.0. The van der Waals surface area contributed by atoms with Crippen LogP contribution in [0.5, 0.6) is 11.5 Å². The number of rotatable bonds is 6. The van der Waals surface area contributed by atoms with Crippen LogP contribution >= 0.6 is 0 Å². The summed E-state index contributed by atoms with van der Waals surface area (Å²) in [5.74, 6) is 1.14. The van der Waals surface area contributed by atoms with Crippen LogP contribution < -0.4 is 14.4 Å². The Morgan fingerprint density at radius 1 is 1.00 bits per heavy atom. The lowest BCUT2D eigenvalue weighted by molar-refractivity contribution is -0.134. The van der Waals surface area contributed by atoms with Crippen molar-refractivity contribution in [1.29, 1.82) is 0 Å². The summed E-state index contributed by atoms with van der Waals surface area (Å²) in [6.45, 7) is 1.57. The Kier molecular flexibility index (Phi) is 5.32. The first-order valence-corrected chi connectivity index (χ1v) is 11.1. The highest BCUT2D eigenvalue weighted by molar-refractivity contribution is 6.00. The third-order valence-corrected chi connectivity index (χ3v) is 6.42. The second kappa shape index (κ2) is 8.31. The van der Waals surface area contributed by atoms with Crippen molar-refractivity contribution in [3.05, 3.63) is 72.1 Å². The number of aromatic nitrogens is 1. The molecule has 1 aromatic heterocycles. The van der Waals surface area contributed by atoms with E-state index in [2.05, 4.69) is 4.57 Å². The van der Waals surface area contributed by atoms with Crippen LogP contribution in [-0.2, 0) is 9.59 Å². The number of benzene rings is 2. The molecule has 1 saturated carbocycles. The number of methoxy groups -OCH3 is 2. The number of nitrogens with zero attached hydrogens (tertiary/aromatic N) is 3. The molecule has 7 heteroatoms. The van der Waals surface area contributed by atoms with Gasteiger partial charge in [0, 0.05) is 24.7 Å². The first kappa shape index (κ1) is 21.1. The van der Waals surface area contributed by atoms with Crippen molar-refractivity contribution in [3.8, 4) is 17.2 Å². The summed E-state index contributed by atoms with van der Waals surface area (Å²) in [7, 11) is 3.24. The summed E-state index contributed by atoms with van der Waals surface area (Å²) >= 11 is 0. The van der Waals surface area contributed by atoms with Crippen LogP contribution in [0.3, 0.4) is 0 Å². The molecule has 7 nitrogen and oxygen atoms in total. The molecular formula is C26H27N3O4. The number of anilines is 1. The van der Waals surface area contributed by atoms with Gasteiger partial charge in [-0.2, -0.15) is 0 Å². The summed E-state index contributed by atoms with van der Waals surface area (Å²) in [6.07, 6.45) is 3.89. The van der Waals surface area contributed by atoms with E-state index in [0.717, 1.165) is 35.5 Å². The van der Waals surface area contributed by atoms with Crippen LogP contribution in [0.25, 0.3) is 5.69 Å². The van der Waals surface area contributed by atoms with Crippen molar-refractivity contribution < 1.29 is 19.1 Å². The highest BCUT2D eigenvalue weighted by atomic mass is 16.5. The monoisotopic (exact) mass is 445 g/mol. The molecule has 5 rings (SSSR count). The minimum atomic E-state index is -0.444. The first-order valence-electron chi connectivity index (χ1n) is 11.1. The number of carbonyl (C=O) groups excluding carboxylic acids is 2. The van der Waals surface area contributed by atoms with Crippen molar-refractivity contribution in [3.63, 3.8) is 0 Å². The molecule has 1 aliphatic heterocycles. The molecule has 1 atom stereocenters. The molecule has 0 spiro atoms. The molecule has 3 aromatic rings. The van der Waals surface area contributed by atoms with E-state index < -0.39 is 6.04 Å². The van der Waals surface area contributed by atoms with Gasteiger partial charge in [-0.15, -0.1) is 0 Å². The lowest BCUT2D eigenvalue weighted by Gasteiger charge is -2.40. The third kappa shape index (κ3) is 3.63. The van der Waals surface area contributed by atoms with E-state index in [1.807, 2.05) is 60.8 Å². The van der Waals surface area contributed by atoms with E-state index in [9.17, 15) is 9.59 Å². The Bertz CT molecular complexity index is 1210. The average molecular weight is 446 g/mol. The van der Waals surface area contributed by atoms with Gasteiger partial charge in [0.05, 0.1) is 31.3 Å². The number of hydrogen-bond donors (Lipinski definition) is 0. The van der Waals surface area contributed by atoms with E-state index in [1.165, 1.54) is 6.92 Å². The lowest BCUT2D eigenvalue weighted by Crippen LogP contribution is -2.47. The maximum absolute atomic E-state index is 13.9. The van der Waals surface area contributed by atoms with Gasteiger partial charge in [-0.3, -0.25) is 14.5 Å². The van der Waals surface area contributed by atoms with Crippen molar-refractivity contribution >= 4 is 17.5 Å². The Morgan fingerprint density at radius 2 is 1.76 bits per heavy atom. The molecule has 2 aliphatic rings. The van der Waals surface area contributed by atoms with E-state index >= 15 is 0 Å². The van der Waals surface area contributed by atoms with Crippen LogP contribution in [0.15, 0.2) is 60.8 Å². The molecule has 1 aliphatic carbocycles. The van der Waals surface area contributed by atoms with Crippen LogP contribution in [-0.4, -0.2) is 48.1 Å². The predicted octanol–water partition coefficient (Wildman–Crippen LogP) is 3.94. The van der Waals surface area contributed by atoms with Gasteiger partial charge in [-0.05, 0) is 55.3 Å². The summed E-state index contributed by atoms with van der Waals surface area (Å²) in [6, 6.07) is 17.2. The largest absolute Gasteiger partial charge is 0.497 e. The topological polar surface area (TPSA) is 64.0 Å². The van der Waals surface area contributed by atoms with E-state index in [4.69, 9.17) is 9.47 Å². The van der Waals surface area contributed by atoms with Crippen molar-refractivity contribution in [1.82, 2.24) is 9.47 Å². The van der Waals surface area contributed by atoms with Gasteiger partial charge in [0.2, 0.25) is 11.8 Å². The summed E-state index contributed by atoms with van der Waals surface area (Å²) in [5, 5.41) is 0. The molecule has 0 saturated heterocycles. The summed E-state index contributed by atoms with van der Waals surface area (Å²) in [4.78, 5) is 29.7. The third-order valence-electron chi connectivity index (χ3n) is 6.42. The summed E-state index contributed by atoms with van der Waals surface area (Å²) < 4.78 is 13.3. The number of hydrogen-bond acceptors (Lipinski definition) is 4. The minimum Gasteiger partial charge on any atom is -0.497 e. The van der Waals surface area contributed by atoms with Crippen LogP contribution in [0.4, 0.5) is 5.69 Å². The second-order valence-electron chi connectivity index (χ2n) is 8.44. The van der Waals surface area contributed by atoms with Gasteiger partial charge in [0.25, 0.3) is 0 Å². The van der Waals surface area contributed by atoms with Gasteiger partial charge in [-0.25, -0.2) is 0 Å².